The molecule has 3 aliphatic rings. The Labute approximate surface area is 206 Å². The van der Waals surface area contributed by atoms with E-state index in [4.69, 9.17) is 16.0 Å². The van der Waals surface area contributed by atoms with Crippen LogP contribution in [0.5, 0.6) is 0 Å². The molecular formula is C27H34ClN3O3. The third-order valence-corrected chi connectivity index (χ3v) is 8.33. The SMILES string of the molecule is CC1CCC(N(C(=O)c2ccoc2)C2CCN(C(=O)[C@H]3CNC[C@H]3c3ccc(Cl)cc3)C2)CC1. The second-order valence-electron chi connectivity index (χ2n) is 10.3. The number of nitrogens with zero attached hydrogens (tertiary/aromatic N) is 2. The highest BCUT2D eigenvalue weighted by Crippen LogP contribution is 2.34. The lowest BCUT2D eigenvalue weighted by Gasteiger charge is -2.40. The first-order valence-electron chi connectivity index (χ1n) is 12.6. The van der Waals surface area contributed by atoms with Crippen molar-refractivity contribution in [3.63, 3.8) is 0 Å². The molecule has 3 heterocycles. The molecule has 2 aliphatic heterocycles. The minimum absolute atomic E-state index is 0.0363. The second-order valence-corrected chi connectivity index (χ2v) is 10.7. The Morgan fingerprint density at radius 2 is 1.79 bits per heavy atom. The van der Waals surface area contributed by atoms with Gasteiger partial charge in [-0.25, -0.2) is 0 Å². The van der Waals surface area contributed by atoms with E-state index in [2.05, 4.69) is 17.1 Å². The van der Waals surface area contributed by atoms with Crippen LogP contribution in [0.4, 0.5) is 0 Å². The van der Waals surface area contributed by atoms with Gasteiger partial charge in [-0.3, -0.25) is 9.59 Å². The number of hydrogen-bond donors (Lipinski definition) is 1. The molecule has 1 saturated carbocycles. The number of amides is 2. The van der Waals surface area contributed by atoms with Gasteiger partial charge in [0.25, 0.3) is 5.91 Å². The Hall–Kier alpha value is -2.31. The van der Waals surface area contributed by atoms with Crippen LogP contribution in [0.1, 0.15) is 60.9 Å². The highest BCUT2D eigenvalue weighted by Gasteiger charge is 2.42. The smallest absolute Gasteiger partial charge is 0.257 e. The van der Waals surface area contributed by atoms with Gasteiger partial charge in [-0.15, -0.1) is 0 Å². The van der Waals surface area contributed by atoms with Crippen LogP contribution >= 0.6 is 11.6 Å². The molecule has 0 spiro atoms. The normalized spacial score (nSPS) is 29.4. The zero-order valence-corrected chi connectivity index (χ0v) is 20.5. The second kappa shape index (κ2) is 10.1. The van der Waals surface area contributed by atoms with Gasteiger partial charge in [-0.05, 0) is 61.8 Å². The number of hydrogen-bond acceptors (Lipinski definition) is 4. The minimum atomic E-state index is -0.0894. The minimum Gasteiger partial charge on any atom is -0.472 e. The summed E-state index contributed by atoms with van der Waals surface area (Å²) in [7, 11) is 0. The summed E-state index contributed by atoms with van der Waals surface area (Å²) in [5, 5.41) is 4.12. The number of rotatable bonds is 5. The fraction of sp³-hybridized carbons (Fsp3) is 0.556. The molecule has 2 saturated heterocycles. The maximum atomic E-state index is 13.6. The third kappa shape index (κ3) is 4.76. The summed E-state index contributed by atoms with van der Waals surface area (Å²) in [5.41, 5.74) is 1.75. The molecule has 1 aromatic heterocycles. The van der Waals surface area contributed by atoms with Crippen molar-refractivity contribution in [2.24, 2.45) is 11.8 Å². The van der Waals surface area contributed by atoms with Crippen molar-refractivity contribution in [2.75, 3.05) is 26.2 Å². The molecule has 2 aromatic rings. The van der Waals surface area contributed by atoms with Crippen molar-refractivity contribution in [3.8, 4) is 0 Å². The lowest BCUT2D eigenvalue weighted by Crippen LogP contribution is -2.50. The monoisotopic (exact) mass is 483 g/mol. The van der Waals surface area contributed by atoms with Gasteiger partial charge in [0.05, 0.1) is 23.8 Å². The molecule has 1 aromatic carbocycles. The van der Waals surface area contributed by atoms with E-state index in [-0.39, 0.29) is 35.7 Å². The van der Waals surface area contributed by atoms with Crippen molar-refractivity contribution in [1.82, 2.24) is 15.1 Å². The Kier molecular flexibility index (Phi) is 6.98. The summed E-state index contributed by atoms with van der Waals surface area (Å²) in [6.45, 7) is 5.08. The number of likely N-dealkylation sites (tertiary alicyclic amines) is 1. The lowest BCUT2D eigenvalue weighted by atomic mass is 9.85. The number of carbonyl (C=O) groups is 2. The average Bonchev–Trinajstić information content (AvgIpc) is 3.62. The highest BCUT2D eigenvalue weighted by atomic mass is 35.5. The van der Waals surface area contributed by atoms with Crippen molar-refractivity contribution < 1.29 is 14.0 Å². The van der Waals surface area contributed by atoms with E-state index in [1.54, 1.807) is 18.6 Å². The molecular weight excluding hydrogens is 450 g/mol. The van der Waals surface area contributed by atoms with Gasteiger partial charge in [0.15, 0.2) is 0 Å². The predicted molar refractivity (Wildman–Crippen MR) is 132 cm³/mol. The lowest BCUT2D eigenvalue weighted by molar-refractivity contribution is -0.134. The zero-order valence-electron chi connectivity index (χ0n) is 19.8. The molecule has 5 rings (SSSR count). The Bertz CT molecular complexity index is 985. The van der Waals surface area contributed by atoms with Crippen LogP contribution in [0.2, 0.25) is 5.02 Å². The summed E-state index contributed by atoms with van der Waals surface area (Å²) in [6.07, 6.45) is 8.27. The molecule has 0 bridgehead atoms. The number of halogens is 1. The molecule has 6 nitrogen and oxygen atoms in total. The van der Waals surface area contributed by atoms with Gasteiger partial charge in [-0.1, -0.05) is 30.7 Å². The van der Waals surface area contributed by atoms with Gasteiger partial charge in [0, 0.05) is 43.2 Å². The maximum Gasteiger partial charge on any atom is 0.257 e. The summed E-state index contributed by atoms with van der Waals surface area (Å²) in [4.78, 5) is 31.2. The topological polar surface area (TPSA) is 65.8 Å². The van der Waals surface area contributed by atoms with Crippen LogP contribution in [-0.2, 0) is 4.79 Å². The van der Waals surface area contributed by atoms with E-state index in [9.17, 15) is 9.59 Å². The van der Waals surface area contributed by atoms with Crippen LogP contribution in [-0.4, -0.2) is 59.9 Å². The van der Waals surface area contributed by atoms with Crippen LogP contribution in [0.25, 0.3) is 0 Å². The van der Waals surface area contributed by atoms with Crippen molar-refractivity contribution in [3.05, 3.63) is 59.0 Å². The van der Waals surface area contributed by atoms with Gasteiger partial charge in [0.2, 0.25) is 5.91 Å². The molecule has 3 fully saturated rings. The Morgan fingerprint density at radius 3 is 2.50 bits per heavy atom. The molecule has 2 amide bonds. The summed E-state index contributed by atoms with van der Waals surface area (Å²) < 4.78 is 5.21. The van der Waals surface area contributed by atoms with Crippen molar-refractivity contribution in [2.45, 2.75) is 57.0 Å². The van der Waals surface area contributed by atoms with E-state index >= 15 is 0 Å². The standard InChI is InChI=1S/C27H34ClN3O3/c1-18-2-8-22(9-3-18)31(26(32)20-11-13-34-17-20)23-10-12-30(16-23)27(33)25-15-29-14-24(25)19-4-6-21(28)7-5-19/h4-7,11,13,17-18,22-25,29H,2-3,8-10,12,14-16H2,1H3/t18?,22?,23?,24-,25-/m0/s1. The van der Waals surface area contributed by atoms with E-state index in [0.717, 1.165) is 44.2 Å². The molecule has 182 valence electrons. The molecule has 7 heteroatoms. The summed E-state index contributed by atoms with van der Waals surface area (Å²) in [5.74, 6) is 0.999. The average molecular weight is 484 g/mol. The van der Waals surface area contributed by atoms with Crippen LogP contribution in [0.3, 0.4) is 0 Å². The Morgan fingerprint density at radius 1 is 1.03 bits per heavy atom. The van der Waals surface area contributed by atoms with Gasteiger partial charge in [-0.2, -0.15) is 0 Å². The summed E-state index contributed by atoms with van der Waals surface area (Å²) >= 11 is 6.07. The third-order valence-electron chi connectivity index (χ3n) is 8.08. The van der Waals surface area contributed by atoms with E-state index < -0.39 is 0 Å². The first-order valence-corrected chi connectivity index (χ1v) is 13.0. The predicted octanol–water partition coefficient (Wildman–Crippen LogP) is 4.56. The van der Waals surface area contributed by atoms with Crippen molar-refractivity contribution >= 4 is 23.4 Å². The molecule has 0 radical (unpaired) electrons. The molecule has 1 N–H and O–H groups in total. The van der Waals surface area contributed by atoms with Gasteiger partial charge < -0.3 is 19.5 Å². The maximum absolute atomic E-state index is 13.6. The zero-order chi connectivity index (χ0) is 23.7. The number of nitrogens with one attached hydrogen (secondary N) is 1. The van der Waals surface area contributed by atoms with E-state index in [0.29, 0.717) is 36.1 Å². The van der Waals surface area contributed by atoms with Crippen LogP contribution in [0.15, 0.2) is 47.3 Å². The fourth-order valence-electron chi connectivity index (χ4n) is 6.09. The Balaban J connectivity index is 1.30. The largest absolute Gasteiger partial charge is 0.472 e. The van der Waals surface area contributed by atoms with Crippen LogP contribution in [0, 0.1) is 11.8 Å². The highest BCUT2D eigenvalue weighted by molar-refractivity contribution is 6.30. The van der Waals surface area contributed by atoms with Gasteiger partial charge in [0.1, 0.15) is 6.26 Å². The molecule has 3 atom stereocenters. The first kappa shape index (κ1) is 23.4. The molecule has 1 aliphatic carbocycles. The summed E-state index contributed by atoms with van der Waals surface area (Å²) in [6, 6.07) is 9.88. The number of benzene rings is 1. The molecule has 1 unspecified atom stereocenters. The van der Waals surface area contributed by atoms with E-state index in [1.807, 2.05) is 29.2 Å². The number of furan rings is 1. The van der Waals surface area contributed by atoms with Crippen molar-refractivity contribution in [1.29, 1.82) is 0 Å². The van der Waals surface area contributed by atoms with E-state index in [1.165, 1.54) is 0 Å². The quantitative estimate of drug-likeness (QED) is 0.677. The number of carbonyl (C=O) groups excluding carboxylic acids is 2. The fourth-order valence-corrected chi connectivity index (χ4v) is 6.21. The van der Waals surface area contributed by atoms with Gasteiger partial charge >= 0.3 is 0 Å². The molecule has 34 heavy (non-hydrogen) atoms. The van der Waals surface area contributed by atoms with Crippen LogP contribution < -0.4 is 5.32 Å². The first-order chi connectivity index (χ1) is 16.5.